The molecule has 0 unspecified atom stereocenters. The third kappa shape index (κ3) is 4.00. The molecular weight excluding hydrogens is 392 g/mol. The molecule has 0 saturated heterocycles. The predicted octanol–water partition coefficient (Wildman–Crippen LogP) is 4.47. The molecule has 0 aliphatic heterocycles. The van der Waals surface area contributed by atoms with Gasteiger partial charge in [-0.2, -0.15) is 4.68 Å². The third-order valence-electron chi connectivity index (χ3n) is 4.04. The van der Waals surface area contributed by atoms with E-state index in [0.29, 0.717) is 10.9 Å². The molecule has 2 aromatic carbocycles. The Morgan fingerprint density at radius 1 is 1.14 bits per heavy atom. The van der Waals surface area contributed by atoms with Crippen LogP contribution < -0.4 is 10.1 Å². The van der Waals surface area contributed by atoms with Crippen molar-refractivity contribution in [1.29, 1.82) is 0 Å². The lowest BCUT2D eigenvalue weighted by Crippen LogP contribution is -2.01. The van der Waals surface area contributed by atoms with Gasteiger partial charge in [-0.3, -0.25) is 0 Å². The number of thioether (sulfide) groups is 1. The summed E-state index contributed by atoms with van der Waals surface area (Å²) in [5.74, 6) is 1.39. The van der Waals surface area contributed by atoms with E-state index in [-0.39, 0.29) is 0 Å². The van der Waals surface area contributed by atoms with E-state index in [1.54, 1.807) is 23.1 Å². The molecule has 2 heterocycles. The first-order chi connectivity index (χ1) is 13.7. The van der Waals surface area contributed by atoms with E-state index < -0.39 is 0 Å². The summed E-state index contributed by atoms with van der Waals surface area (Å²) in [5.41, 5.74) is 4.03. The summed E-state index contributed by atoms with van der Waals surface area (Å²) in [5, 5.41) is 19.0. The van der Waals surface area contributed by atoms with Gasteiger partial charge in [0, 0.05) is 16.8 Å². The highest BCUT2D eigenvalue weighted by atomic mass is 32.2. The van der Waals surface area contributed by atoms with Crippen LogP contribution in [-0.2, 0) is 5.75 Å². The number of aryl methyl sites for hydroxylation is 1. The zero-order valence-corrected chi connectivity index (χ0v) is 17.0. The van der Waals surface area contributed by atoms with Crippen LogP contribution in [0, 0.1) is 6.92 Å². The van der Waals surface area contributed by atoms with Crippen LogP contribution in [0.2, 0.25) is 0 Å². The van der Waals surface area contributed by atoms with Crippen molar-refractivity contribution in [2.75, 3.05) is 12.4 Å². The molecule has 142 valence electrons. The van der Waals surface area contributed by atoms with Crippen molar-refractivity contribution < 1.29 is 4.74 Å². The van der Waals surface area contributed by atoms with E-state index in [4.69, 9.17) is 4.74 Å². The number of aromatic nitrogens is 5. The molecule has 0 saturated carbocycles. The number of hydrogen-bond donors (Lipinski definition) is 1. The average molecular weight is 411 g/mol. The van der Waals surface area contributed by atoms with Crippen LogP contribution in [0.25, 0.3) is 5.69 Å². The largest absolute Gasteiger partial charge is 0.494 e. The molecule has 0 radical (unpaired) electrons. The van der Waals surface area contributed by atoms with Gasteiger partial charge in [0.25, 0.3) is 0 Å². The number of tetrazole rings is 1. The van der Waals surface area contributed by atoms with Crippen molar-refractivity contribution in [3.63, 3.8) is 0 Å². The topological polar surface area (TPSA) is 77.8 Å². The summed E-state index contributed by atoms with van der Waals surface area (Å²) in [6, 6.07) is 15.8. The maximum atomic E-state index is 5.41. The Morgan fingerprint density at radius 2 is 1.96 bits per heavy atom. The number of benzene rings is 2. The highest BCUT2D eigenvalue weighted by molar-refractivity contribution is 7.98. The van der Waals surface area contributed by atoms with Gasteiger partial charge < -0.3 is 10.1 Å². The van der Waals surface area contributed by atoms with E-state index in [2.05, 4.69) is 38.8 Å². The number of para-hydroxylation sites is 3. The van der Waals surface area contributed by atoms with Crippen molar-refractivity contribution in [3.05, 3.63) is 65.2 Å². The highest BCUT2D eigenvalue weighted by Crippen LogP contribution is 2.29. The van der Waals surface area contributed by atoms with Gasteiger partial charge in [0.1, 0.15) is 11.4 Å². The Morgan fingerprint density at radius 3 is 2.82 bits per heavy atom. The van der Waals surface area contributed by atoms with E-state index >= 15 is 0 Å². The Labute approximate surface area is 170 Å². The smallest absolute Gasteiger partial charge is 0.214 e. The van der Waals surface area contributed by atoms with Gasteiger partial charge in [-0.1, -0.05) is 42.1 Å². The molecule has 0 aliphatic rings. The van der Waals surface area contributed by atoms with Gasteiger partial charge >= 0.3 is 0 Å². The monoisotopic (exact) mass is 410 g/mol. The predicted molar refractivity (Wildman–Crippen MR) is 112 cm³/mol. The molecule has 0 atom stereocenters. The van der Waals surface area contributed by atoms with Crippen molar-refractivity contribution in [2.45, 2.75) is 17.8 Å². The minimum Gasteiger partial charge on any atom is -0.494 e. The molecule has 2 aromatic heterocycles. The third-order valence-corrected chi connectivity index (χ3v) is 5.80. The lowest BCUT2D eigenvalue weighted by Gasteiger charge is -2.08. The van der Waals surface area contributed by atoms with Crippen LogP contribution >= 0.6 is 23.1 Å². The molecule has 0 fully saturated rings. The average Bonchev–Trinajstić information content (AvgIpc) is 3.37. The van der Waals surface area contributed by atoms with Gasteiger partial charge in [-0.25, -0.2) is 4.98 Å². The number of ether oxygens (including phenoxy) is 1. The van der Waals surface area contributed by atoms with Gasteiger partial charge in [0.05, 0.1) is 12.8 Å². The van der Waals surface area contributed by atoms with Gasteiger partial charge in [0.2, 0.25) is 5.16 Å². The fraction of sp³-hybridized carbons (Fsp3) is 0.158. The quantitative estimate of drug-likeness (QED) is 0.450. The Balaban J connectivity index is 1.46. The zero-order chi connectivity index (χ0) is 19.3. The normalized spacial score (nSPS) is 10.8. The first-order valence-electron chi connectivity index (χ1n) is 8.56. The van der Waals surface area contributed by atoms with Crippen molar-refractivity contribution in [1.82, 2.24) is 25.2 Å². The molecule has 9 heteroatoms. The molecule has 4 aromatic rings. The lowest BCUT2D eigenvalue weighted by molar-refractivity contribution is 0.410. The van der Waals surface area contributed by atoms with Gasteiger partial charge in [0.15, 0.2) is 5.13 Å². The zero-order valence-electron chi connectivity index (χ0n) is 15.4. The molecule has 0 amide bonds. The molecule has 1 N–H and O–H groups in total. The minimum atomic E-state index is 0.668. The Hall–Kier alpha value is -2.91. The van der Waals surface area contributed by atoms with Gasteiger partial charge in [-0.15, -0.1) is 16.4 Å². The number of anilines is 2. The lowest BCUT2D eigenvalue weighted by atomic mass is 10.2. The highest BCUT2D eigenvalue weighted by Gasteiger charge is 2.14. The summed E-state index contributed by atoms with van der Waals surface area (Å²) in [4.78, 5) is 4.67. The molecule has 7 nitrogen and oxygen atoms in total. The molecule has 4 rings (SSSR count). The second kappa shape index (κ2) is 8.41. The second-order valence-corrected chi connectivity index (χ2v) is 7.72. The van der Waals surface area contributed by atoms with E-state index in [1.807, 2.05) is 47.8 Å². The van der Waals surface area contributed by atoms with Crippen LogP contribution in [0.4, 0.5) is 10.8 Å². The standard InChI is InChI=1S/C19H18N6OS2/c1-13-7-3-4-8-15(13)21-18-20-14(11-27-18)12-28-19-22-23-24-25(19)16-9-5-6-10-17(16)26-2/h3-11H,12H2,1-2H3,(H,20,21). The molecule has 0 bridgehead atoms. The summed E-state index contributed by atoms with van der Waals surface area (Å²) in [7, 11) is 1.63. The number of thiazole rings is 1. The maximum absolute atomic E-state index is 5.41. The summed E-state index contributed by atoms with van der Waals surface area (Å²) in [6.07, 6.45) is 0. The van der Waals surface area contributed by atoms with Crippen LogP contribution in [0.1, 0.15) is 11.3 Å². The first kappa shape index (κ1) is 18.5. The SMILES string of the molecule is COc1ccccc1-n1nnnc1SCc1csc(Nc2ccccc2C)n1. The number of hydrogen-bond acceptors (Lipinski definition) is 8. The number of methoxy groups -OCH3 is 1. The van der Waals surface area contributed by atoms with Crippen molar-refractivity contribution in [3.8, 4) is 11.4 Å². The fourth-order valence-corrected chi connectivity index (χ4v) is 4.23. The number of nitrogens with one attached hydrogen (secondary N) is 1. The van der Waals surface area contributed by atoms with E-state index in [0.717, 1.165) is 27.9 Å². The Bertz CT molecular complexity index is 1080. The molecule has 0 aliphatic carbocycles. The van der Waals surface area contributed by atoms with Crippen molar-refractivity contribution in [2.24, 2.45) is 0 Å². The van der Waals surface area contributed by atoms with E-state index in [9.17, 15) is 0 Å². The molecular formula is C19H18N6OS2. The first-order valence-corrected chi connectivity index (χ1v) is 10.4. The second-order valence-electron chi connectivity index (χ2n) is 5.92. The molecule has 28 heavy (non-hydrogen) atoms. The molecule has 0 spiro atoms. The summed E-state index contributed by atoms with van der Waals surface area (Å²) >= 11 is 3.11. The van der Waals surface area contributed by atoms with Crippen LogP contribution in [0.15, 0.2) is 59.1 Å². The number of rotatable bonds is 7. The number of nitrogens with zero attached hydrogens (tertiary/aromatic N) is 5. The summed E-state index contributed by atoms with van der Waals surface area (Å²) in [6.45, 7) is 2.07. The fourth-order valence-electron chi connectivity index (χ4n) is 2.62. The summed E-state index contributed by atoms with van der Waals surface area (Å²) < 4.78 is 7.09. The van der Waals surface area contributed by atoms with Crippen molar-refractivity contribution >= 4 is 33.9 Å². The van der Waals surface area contributed by atoms with Crippen LogP contribution in [0.5, 0.6) is 5.75 Å². The van der Waals surface area contributed by atoms with Crippen LogP contribution in [-0.4, -0.2) is 32.3 Å². The van der Waals surface area contributed by atoms with Crippen LogP contribution in [0.3, 0.4) is 0 Å². The van der Waals surface area contributed by atoms with Gasteiger partial charge in [-0.05, 0) is 41.1 Å². The maximum Gasteiger partial charge on any atom is 0.214 e. The Kier molecular flexibility index (Phi) is 5.54. The minimum absolute atomic E-state index is 0.668. The van der Waals surface area contributed by atoms with E-state index in [1.165, 1.54) is 17.3 Å².